The van der Waals surface area contributed by atoms with Crippen LogP contribution in [0.25, 0.3) is 5.69 Å². The van der Waals surface area contributed by atoms with E-state index in [0.29, 0.717) is 51.0 Å². The van der Waals surface area contributed by atoms with Gasteiger partial charge in [-0.2, -0.15) is 0 Å². The number of benzene rings is 2. The van der Waals surface area contributed by atoms with Gasteiger partial charge < -0.3 is 10.2 Å². The van der Waals surface area contributed by atoms with Crippen molar-refractivity contribution in [2.75, 3.05) is 32.7 Å². The van der Waals surface area contributed by atoms with Crippen LogP contribution in [0.3, 0.4) is 0 Å². The van der Waals surface area contributed by atoms with Crippen LogP contribution in [-0.4, -0.2) is 69.1 Å². The summed E-state index contributed by atoms with van der Waals surface area (Å²) in [6, 6.07) is 17.9. The summed E-state index contributed by atoms with van der Waals surface area (Å²) in [5, 5.41) is 7.51. The van der Waals surface area contributed by atoms with Crippen molar-refractivity contribution >= 4 is 11.8 Å². The lowest BCUT2D eigenvalue weighted by Gasteiger charge is -2.33. The SMILES string of the molecule is Cc1nc(C(=O)N2CCN(CC(=O)NCc3ccccc3)CC2)nn1-c1ccccc1C(C)C. The Hall–Kier alpha value is -3.52. The minimum absolute atomic E-state index is 0.0107. The van der Waals surface area contributed by atoms with Crippen molar-refractivity contribution in [3.8, 4) is 5.69 Å². The van der Waals surface area contributed by atoms with Crippen LogP contribution in [0.5, 0.6) is 0 Å². The summed E-state index contributed by atoms with van der Waals surface area (Å²) in [4.78, 5) is 33.7. The van der Waals surface area contributed by atoms with E-state index in [0.717, 1.165) is 16.8 Å². The van der Waals surface area contributed by atoms with Crippen LogP contribution in [0.4, 0.5) is 0 Å². The van der Waals surface area contributed by atoms with Crippen molar-refractivity contribution in [3.63, 3.8) is 0 Å². The van der Waals surface area contributed by atoms with E-state index in [1.807, 2.05) is 55.5 Å². The second-order valence-electron chi connectivity index (χ2n) is 8.94. The first kappa shape index (κ1) is 23.6. The molecule has 0 atom stereocenters. The van der Waals surface area contributed by atoms with Crippen LogP contribution in [0.2, 0.25) is 0 Å². The molecular formula is C26H32N6O2. The number of nitrogens with zero attached hydrogens (tertiary/aromatic N) is 5. The Morgan fingerprint density at radius 1 is 0.971 bits per heavy atom. The molecule has 4 rings (SSSR count). The fourth-order valence-corrected chi connectivity index (χ4v) is 4.18. The Bertz CT molecular complexity index is 1130. The van der Waals surface area contributed by atoms with Crippen LogP contribution in [0.1, 0.15) is 47.3 Å². The summed E-state index contributed by atoms with van der Waals surface area (Å²) in [7, 11) is 0. The molecule has 8 heteroatoms. The van der Waals surface area contributed by atoms with Gasteiger partial charge in [0.2, 0.25) is 11.7 Å². The minimum atomic E-state index is -0.169. The average Bonchev–Trinajstić information content (AvgIpc) is 3.24. The van der Waals surface area contributed by atoms with Gasteiger partial charge in [-0.15, -0.1) is 5.10 Å². The fraction of sp³-hybridized carbons (Fsp3) is 0.385. The largest absolute Gasteiger partial charge is 0.351 e. The molecule has 0 bridgehead atoms. The van der Waals surface area contributed by atoms with Crippen molar-refractivity contribution in [3.05, 3.63) is 77.4 Å². The molecule has 0 radical (unpaired) electrons. The first-order valence-corrected chi connectivity index (χ1v) is 11.8. The molecule has 2 aromatic carbocycles. The number of carbonyl (C=O) groups excluding carboxylic acids is 2. The van der Waals surface area contributed by atoms with E-state index in [2.05, 4.69) is 40.2 Å². The van der Waals surface area contributed by atoms with Gasteiger partial charge >= 0.3 is 0 Å². The van der Waals surface area contributed by atoms with E-state index >= 15 is 0 Å². The van der Waals surface area contributed by atoms with Gasteiger partial charge in [0.1, 0.15) is 5.82 Å². The van der Waals surface area contributed by atoms with Gasteiger partial charge in [0.05, 0.1) is 12.2 Å². The molecular weight excluding hydrogens is 428 g/mol. The van der Waals surface area contributed by atoms with Gasteiger partial charge in [0.15, 0.2) is 0 Å². The van der Waals surface area contributed by atoms with E-state index in [1.165, 1.54) is 0 Å². The molecule has 1 aliphatic heterocycles. The van der Waals surface area contributed by atoms with Crippen molar-refractivity contribution in [1.29, 1.82) is 0 Å². The van der Waals surface area contributed by atoms with Crippen LogP contribution < -0.4 is 5.32 Å². The first-order chi connectivity index (χ1) is 16.4. The number of aromatic nitrogens is 3. The Morgan fingerprint density at radius 3 is 2.35 bits per heavy atom. The van der Waals surface area contributed by atoms with E-state index in [1.54, 1.807) is 9.58 Å². The quantitative estimate of drug-likeness (QED) is 0.586. The van der Waals surface area contributed by atoms with Crippen LogP contribution >= 0.6 is 0 Å². The molecule has 1 saturated heterocycles. The maximum absolute atomic E-state index is 13.1. The van der Waals surface area contributed by atoms with Crippen LogP contribution in [-0.2, 0) is 11.3 Å². The molecule has 1 fully saturated rings. The molecule has 8 nitrogen and oxygen atoms in total. The first-order valence-electron chi connectivity index (χ1n) is 11.8. The Kier molecular flexibility index (Phi) is 7.37. The number of rotatable bonds is 7. The highest BCUT2D eigenvalue weighted by Crippen LogP contribution is 2.23. The van der Waals surface area contributed by atoms with Gasteiger partial charge in [-0.1, -0.05) is 62.4 Å². The van der Waals surface area contributed by atoms with E-state index in [-0.39, 0.29) is 17.6 Å². The third kappa shape index (κ3) is 5.51. The maximum atomic E-state index is 13.1. The Morgan fingerprint density at radius 2 is 1.65 bits per heavy atom. The average molecular weight is 461 g/mol. The van der Waals surface area contributed by atoms with Crippen molar-refractivity contribution in [2.45, 2.75) is 33.2 Å². The van der Waals surface area contributed by atoms with Gasteiger partial charge in [-0.05, 0) is 30.0 Å². The molecule has 2 heterocycles. The molecule has 34 heavy (non-hydrogen) atoms. The van der Waals surface area contributed by atoms with Gasteiger partial charge in [0, 0.05) is 32.7 Å². The van der Waals surface area contributed by atoms with Crippen molar-refractivity contribution in [1.82, 2.24) is 29.9 Å². The van der Waals surface area contributed by atoms with Crippen molar-refractivity contribution in [2.24, 2.45) is 0 Å². The number of amides is 2. The zero-order valence-corrected chi connectivity index (χ0v) is 20.1. The smallest absolute Gasteiger partial charge is 0.293 e. The highest BCUT2D eigenvalue weighted by atomic mass is 16.2. The second kappa shape index (κ2) is 10.6. The Labute approximate surface area is 200 Å². The summed E-state index contributed by atoms with van der Waals surface area (Å²) >= 11 is 0. The number of aryl methyl sites for hydroxylation is 1. The van der Waals surface area contributed by atoms with Gasteiger partial charge in [-0.3, -0.25) is 14.5 Å². The number of hydrogen-bond donors (Lipinski definition) is 1. The number of piperazine rings is 1. The van der Waals surface area contributed by atoms with Crippen molar-refractivity contribution < 1.29 is 9.59 Å². The highest BCUT2D eigenvalue weighted by Gasteiger charge is 2.26. The van der Waals surface area contributed by atoms with E-state index < -0.39 is 0 Å². The van der Waals surface area contributed by atoms with Gasteiger partial charge in [0.25, 0.3) is 5.91 Å². The van der Waals surface area contributed by atoms with E-state index in [9.17, 15) is 9.59 Å². The molecule has 3 aromatic rings. The monoisotopic (exact) mass is 460 g/mol. The molecule has 1 aliphatic rings. The molecule has 0 unspecified atom stereocenters. The third-order valence-corrected chi connectivity index (χ3v) is 6.11. The number of hydrogen-bond acceptors (Lipinski definition) is 5. The predicted octanol–water partition coefficient (Wildman–Crippen LogP) is 2.77. The number of carbonyl (C=O) groups is 2. The second-order valence-corrected chi connectivity index (χ2v) is 8.94. The number of para-hydroxylation sites is 1. The molecule has 178 valence electrons. The third-order valence-electron chi connectivity index (χ3n) is 6.11. The lowest BCUT2D eigenvalue weighted by molar-refractivity contribution is -0.122. The summed E-state index contributed by atoms with van der Waals surface area (Å²) in [5.41, 5.74) is 3.19. The summed E-state index contributed by atoms with van der Waals surface area (Å²) in [6.07, 6.45) is 0. The molecule has 0 spiro atoms. The standard InChI is InChI=1S/C26H32N6O2/c1-19(2)22-11-7-8-12-23(22)32-20(3)28-25(29-32)26(34)31-15-13-30(14-16-31)18-24(33)27-17-21-9-5-4-6-10-21/h4-12,19H,13-18H2,1-3H3,(H,27,33). The molecule has 2 amide bonds. The lowest BCUT2D eigenvalue weighted by atomic mass is 10.0. The molecule has 0 saturated carbocycles. The summed E-state index contributed by atoms with van der Waals surface area (Å²) < 4.78 is 1.76. The topological polar surface area (TPSA) is 83.4 Å². The minimum Gasteiger partial charge on any atom is -0.351 e. The molecule has 0 aliphatic carbocycles. The van der Waals surface area contributed by atoms with Crippen LogP contribution in [0, 0.1) is 6.92 Å². The molecule has 1 N–H and O–H groups in total. The van der Waals surface area contributed by atoms with Gasteiger partial charge in [-0.25, -0.2) is 9.67 Å². The Balaban J connectivity index is 1.33. The zero-order valence-electron chi connectivity index (χ0n) is 20.1. The fourth-order valence-electron chi connectivity index (χ4n) is 4.18. The molecule has 1 aromatic heterocycles. The number of nitrogens with one attached hydrogen (secondary N) is 1. The van der Waals surface area contributed by atoms with E-state index in [4.69, 9.17) is 0 Å². The summed E-state index contributed by atoms with van der Waals surface area (Å²) in [6.45, 7) is 9.35. The summed E-state index contributed by atoms with van der Waals surface area (Å²) in [5.74, 6) is 1.05. The lowest BCUT2D eigenvalue weighted by Crippen LogP contribution is -2.51. The highest BCUT2D eigenvalue weighted by molar-refractivity contribution is 5.90. The zero-order chi connectivity index (χ0) is 24.1. The maximum Gasteiger partial charge on any atom is 0.293 e. The normalized spacial score (nSPS) is 14.4. The van der Waals surface area contributed by atoms with Crippen LogP contribution in [0.15, 0.2) is 54.6 Å². The predicted molar refractivity (Wildman–Crippen MR) is 131 cm³/mol.